The minimum atomic E-state index is -0.580. The lowest BCUT2D eigenvalue weighted by molar-refractivity contribution is 0.577. The molecule has 0 saturated carbocycles. The second-order valence-electron chi connectivity index (χ2n) is 3.48. The number of halogens is 4. The molecule has 0 fully saturated rings. The predicted octanol–water partition coefficient (Wildman–Crippen LogP) is 4.60. The summed E-state index contributed by atoms with van der Waals surface area (Å²) >= 11 is 3.87. The largest absolute Gasteiger partial charge is 0.398 e. The van der Waals surface area contributed by atoms with Gasteiger partial charge in [0.2, 0.25) is 0 Å². The summed E-state index contributed by atoms with van der Waals surface area (Å²) in [6.07, 6.45) is 0. The third-order valence-corrected chi connectivity index (χ3v) is 3.88. The first kappa shape index (κ1) is 13.3. The SMILES string of the molecule is Nc1cc(Br)c(F)cc1Sc1cc(F)ccc1F. The van der Waals surface area contributed by atoms with Gasteiger partial charge in [-0.05, 0) is 46.3 Å². The summed E-state index contributed by atoms with van der Waals surface area (Å²) in [5, 5.41) is 0. The Morgan fingerprint density at radius 2 is 1.67 bits per heavy atom. The maximum atomic E-state index is 13.4. The molecule has 94 valence electrons. The molecule has 2 rings (SSSR count). The Morgan fingerprint density at radius 3 is 2.39 bits per heavy atom. The Bertz CT molecular complexity index is 604. The average Bonchev–Trinajstić information content (AvgIpc) is 2.30. The van der Waals surface area contributed by atoms with Crippen molar-refractivity contribution in [3.63, 3.8) is 0 Å². The molecule has 0 unspecified atom stereocenters. The summed E-state index contributed by atoms with van der Waals surface area (Å²) in [5.41, 5.74) is 5.98. The lowest BCUT2D eigenvalue weighted by Gasteiger charge is -2.07. The van der Waals surface area contributed by atoms with Crippen molar-refractivity contribution < 1.29 is 13.2 Å². The van der Waals surface area contributed by atoms with Gasteiger partial charge in [-0.3, -0.25) is 0 Å². The van der Waals surface area contributed by atoms with Gasteiger partial charge in [0.15, 0.2) is 0 Å². The standard InChI is InChI=1S/C12H7BrF3NS/c13-7-4-10(17)12(5-9(7)16)18-11-3-6(14)1-2-8(11)15/h1-5H,17H2. The first-order valence-electron chi connectivity index (χ1n) is 4.85. The summed E-state index contributed by atoms with van der Waals surface area (Å²) in [6.45, 7) is 0. The zero-order chi connectivity index (χ0) is 13.3. The Kier molecular flexibility index (Phi) is 3.87. The first-order valence-corrected chi connectivity index (χ1v) is 6.46. The van der Waals surface area contributed by atoms with Crippen molar-refractivity contribution in [2.75, 3.05) is 5.73 Å². The second-order valence-corrected chi connectivity index (χ2v) is 5.42. The van der Waals surface area contributed by atoms with E-state index in [2.05, 4.69) is 15.9 Å². The van der Waals surface area contributed by atoms with E-state index in [1.165, 1.54) is 12.1 Å². The molecule has 0 atom stereocenters. The number of rotatable bonds is 2. The van der Waals surface area contributed by atoms with Crippen LogP contribution < -0.4 is 5.73 Å². The zero-order valence-electron chi connectivity index (χ0n) is 8.88. The Morgan fingerprint density at radius 1 is 0.944 bits per heavy atom. The highest BCUT2D eigenvalue weighted by Gasteiger charge is 2.11. The van der Waals surface area contributed by atoms with Gasteiger partial charge in [0, 0.05) is 10.6 Å². The fourth-order valence-corrected chi connectivity index (χ4v) is 2.58. The number of hydrogen-bond acceptors (Lipinski definition) is 2. The van der Waals surface area contributed by atoms with Gasteiger partial charge in [-0.15, -0.1) is 0 Å². The molecule has 0 amide bonds. The highest BCUT2D eigenvalue weighted by atomic mass is 79.9. The number of nitrogen functional groups attached to an aromatic ring is 1. The van der Waals surface area contributed by atoms with Crippen LogP contribution in [0.25, 0.3) is 0 Å². The van der Waals surface area contributed by atoms with Gasteiger partial charge >= 0.3 is 0 Å². The maximum Gasteiger partial charge on any atom is 0.138 e. The van der Waals surface area contributed by atoms with E-state index < -0.39 is 17.5 Å². The minimum Gasteiger partial charge on any atom is -0.398 e. The molecule has 0 aromatic heterocycles. The molecule has 0 aliphatic rings. The van der Waals surface area contributed by atoms with Crippen molar-refractivity contribution in [1.82, 2.24) is 0 Å². The Balaban J connectivity index is 2.40. The molecule has 0 bridgehead atoms. The third kappa shape index (κ3) is 2.81. The van der Waals surface area contributed by atoms with Crippen LogP contribution in [0.15, 0.2) is 44.6 Å². The van der Waals surface area contributed by atoms with Gasteiger partial charge < -0.3 is 5.73 Å². The lowest BCUT2D eigenvalue weighted by atomic mass is 10.3. The van der Waals surface area contributed by atoms with Crippen molar-refractivity contribution >= 4 is 33.4 Å². The first-order chi connectivity index (χ1) is 8.47. The molecule has 2 aromatic rings. The van der Waals surface area contributed by atoms with Crippen molar-refractivity contribution in [1.29, 1.82) is 0 Å². The van der Waals surface area contributed by atoms with Crippen LogP contribution in [0.4, 0.5) is 18.9 Å². The van der Waals surface area contributed by atoms with Gasteiger partial charge in [-0.2, -0.15) is 0 Å². The molecule has 1 nitrogen and oxygen atoms in total. The number of nitrogens with two attached hydrogens (primary N) is 1. The van der Waals surface area contributed by atoms with E-state index in [1.807, 2.05) is 0 Å². The van der Waals surface area contributed by atoms with Gasteiger partial charge in [-0.1, -0.05) is 11.8 Å². The highest BCUT2D eigenvalue weighted by Crippen LogP contribution is 2.36. The van der Waals surface area contributed by atoms with Crippen LogP contribution in [0.3, 0.4) is 0 Å². The zero-order valence-corrected chi connectivity index (χ0v) is 11.3. The molecular formula is C12H7BrF3NS. The van der Waals surface area contributed by atoms with Gasteiger partial charge in [0.05, 0.1) is 9.37 Å². The summed E-state index contributed by atoms with van der Waals surface area (Å²) in [5.74, 6) is -1.65. The Hall–Kier alpha value is -1.14. The van der Waals surface area contributed by atoms with E-state index in [-0.39, 0.29) is 15.1 Å². The summed E-state index contributed by atoms with van der Waals surface area (Å²) < 4.78 is 40.0. The van der Waals surface area contributed by atoms with Gasteiger partial charge in [0.1, 0.15) is 17.5 Å². The molecule has 0 spiro atoms. The van der Waals surface area contributed by atoms with Crippen LogP contribution in [-0.4, -0.2) is 0 Å². The van der Waals surface area contributed by atoms with Crippen molar-refractivity contribution in [3.8, 4) is 0 Å². The molecule has 2 aromatic carbocycles. The molecule has 18 heavy (non-hydrogen) atoms. The average molecular weight is 334 g/mol. The maximum absolute atomic E-state index is 13.4. The summed E-state index contributed by atoms with van der Waals surface area (Å²) in [4.78, 5) is 0.392. The minimum absolute atomic E-state index is 0.0587. The normalized spacial score (nSPS) is 10.7. The van der Waals surface area contributed by atoms with Crippen LogP contribution in [0.1, 0.15) is 0 Å². The molecule has 0 saturated heterocycles. The molecule has 0 aliphatic heterocycles. The van der Waals surface area contributed by atoms with Crippen LogP contribution in [-0.2, 0) is 0 Å². The van der Waals surface area contributed by atoms with E-state index >= 15 is 0 Å². The van der Waals surface area contributed by atoms with Crippen LogP contribution in [0, 0.1) is 17.5 Å². The van der Waals surface area contributed by atoms with E-state index in [9.17, 15) is 13.2 Å². The highest BCUT2D eigenvalue weighted by molar-refractivity contribution is 9.10. The third-order valence-electron chi connectivity index (χ3n) is 2.17. The lowest BCUT2D eigenvalue weighted by Crippen LogP contribution is -1.92. The van der Waals surface area contributed by atoms with Gasteiger partial charge in [0.25, 0.3) is 0 Å². The molecule has 0 aliphatic carbocycles. The fraction of sp³-hybridized carbons (Fsp3) is 0. The van der Waals surface area contributed by atoms with E-state index in [4.69, 9.17) is 5.73 Å². The van der Waals surface area contributed by atoms with Crippen molar-refractivity contribution in [2.24, 2.45) is 0 Å². The molecule has 0 radical (unpaired) electrons. The molecule has 2 N–H and O–H groups in total. The van der Waals surface area contributed by atoms with Crippen LogP contribution in [0.2, 0.25) is 0 Å². The quantitative estimate of drug-likeness (QED) is 0.813. The fourth-order valence-electron chi connectivity index (χ4n) is 1.31. The van der Waals surface area contributed by atoms with Crippen LogP contribution in [0.5, 0.6) is 0 Å². The smallest absolute Gasteiger partial charge is 0.138 e. The second kappa shape index (κ2) is 5.24. The van der Waals surface area contributed by atoms with E-state index in [1.54, 1.807) is 0 Å². The monoisotopic (exact) mass is 333 g/mol. The molecule has 6 heteroatoms. The van der Waals surface area contributed by atoms with Crippen molar-refractivity contribution in [2.45, 2.75) is 9.79 Å². The summed E-state index contributed by atoms with van der Waals surface area (Å²) in [7, 11) is 0. The topological polar surface area (TPSA) is 26.0 Å². The van der Waals surface area contributed by atoms with Gasteiger partial charge in [-0.25, -0.2) is 13.2 Å². The Labute approximate surface area is 114 Å². The predicted molar refractivity (Wildman–Crippen MR) is 69.0 cm³/mol. The molecular weight excluding hydrogens is 327 g/mol. The van der Waals surface area contributed by atoms with E-state index in [0.717, 1.165) is 30.0 Å². The summed E-state index contributed by atoms with van der Waals surface area (Å²) in [6, 6.07) is 5.64. The molecule has 0 heterocycles. The van der Waals surface area contributed by atoms with Crippen LogP contribution >= 0.6 is 27.7 Å². The number of hydrogen-bond donors (Lipinski definition) is 1. The number of anilines is 1. The van der Waals surface area contributed by atoms with E-state index in [0.29, 0.717) is 4.90 Å². The number of benzene rings is 2. The van der Waals surface area contributed by atoms with Crippen molar-refractivity contribution in [3.05, 3.63) is 52.3 Å².